The van der Waals surface area contributed by atoms with E-state index in [0.717, 1.165) is 19.3 Å². The van der Waals surface area contributed by atoms with Crippen molar-refractivity contribution in [2.24, 2.45) is 0 Å². The van der Waals surface area contributed by atoms with Crippen molar-refractivity contribution in [2.75, 3.05) is 13.1 Å². The molecular weight excluding hydrogens is 254 g/mol. The van der Waals surface area contributed by atoms with Crippen LogP contribution in [0.25, 0.3) is 0 Å². The Labute approximate surface area is 109 Å². The molecule has 1 N–H and O–H groups in total. The molecule has 1 aliphatic rings. The molecule has 0 spiro atoms. The molecule has 1 aliphatic heterocycles. The van der Waals surface area contributed by atoms with Crippen LogP contribution in [-0.4, -0.2) is 54.0 Å². The van der Waals surface area contributed by atoms with E-state index in [9.17, 15) is 18.3 Å². The van der Waals surface area contributed by atoms with E-state index < -0.39 is 26.4 Å². The molecule has 18 heavy (non-hydrogen) atoms. The molecule has 0 aromatic rings. The average Bonchev–Trinajstić information content (AvgIpc) is 2.36. The number of likely N-dealkylation sites (tertiary alicyclic amines) is 1. The quantitative estimate of drug-likeness (QED) is 0.815. The molecule has 0 radical (unpaired) electrons. The number of hydrogen-bond donors (Lipinski definition) is 1. The summed E-state index contributed by atoms with van der Waals surface area (Å²) in [5.41, 5.74) is 0. The fraction of sp³-hybridized carbons (Fsp3) is 0.917. The lowest BCUT2D eigenvalue weighted by Gasteiger charge is -2.30. The zero-order valence-corrected chi connectivity index (χ0v) is 12.1. The zero-order valence-electron chi connectivity index (χ0n) is 11.3. The molecule has 0 saturated carbocycles. The molecule has 106 valence electrons. The van der Waals surface area contributed by atoms with Crippen LogP contribution in [-0.2, 0) is 14.6 Å². The van der Waals surface area contributed by atoms with E-state index >= 15 is 0 Å². The summed E-state index contributed by atoms with van der Waals surface area (Å²) in [6, 6.07) is 0. The molecule has 6 heteroatoms. The summed E-state index contributed by atoms with van der Waals surface area (Å²) in [4.78, 5) is 13.8. The van der Waals surface area contributed by atoms with Crippen LogP contribution in [0.2, 0.25) is 0 Å². The molecular formula is C12H23NO4S. The van der Waals surface area contributed by atoms with Gasteiger partial charge >= 0.3 is 0 Å². The first-order chi connectivity index (χ1) is 8.28. The maximum absolute atomic E-state index is 12.1. The molecule has 0 bridgehead atoms. The number of hydrogen-bond acceptors (Lipinski definition) is 4. The van der Waals surface area contributed by atoms with E-state index in [1.54, 1.807) is 4.90 Å². The fourth-order valence-corrected chi connectivity index (χ4v) is 3.73. The molecule has 1 heterocycles. The van der Waals surface area contributed by atoms with Crippen molar-refractivity contribution in [3.8, 4) is 0 Å². The van der Waals surface area contributed by atoms with Crippen molar-refractivity contribution in [3.05, 3.63) is 0 Å². The Morgan fingerprint density at radius 3 is 2.06 bits per heavy atom. The summed E-state index contributed by atoms with van der Waals surface area (Å²) in [6.45, 7) is 5.58. The summed E-state index contributed by atoms with van der Waals surface area (Å²) < 4.78 is 24.3. The number of aliphatic hydroxyl groups is 1. The molecule has 1 amide bonds. The van der Waals surface area contributed by atoms with Crippen molar-refractivity contribution in [1.82, 2.24) is 4.90 Å². The van der Waals surface area contributed by atoms with Gasteiger partial charge in [-0.3, -0.25) is 4.79 Å². The van der Waals surface area contributed by atoms with Crippen molar-refractivity contribution in [1.29, 1.82) is 0 Å². The van der Waals surface area contributed by atoms with Crippen molar-refractivity contribution in [2.45, 2.75) is 56.6 Å². The second kappa shape index (κ2) is 6.02. The van der Waals surface area contributed by atoms with Crippen LogP contribution in [0.15, 0.2) is 0 Å². The maximum Gasteiger partial charge on any atom is 0.240 e. The molecule has 3 atom stereocenters. The average molecular weight is 277 g/mol. The van der Waals surface area contributed by atoms with Crippen molar-refractivity contribution >= 4 is 15.7 Å². The summed E-state index contributed by atoms with van der Waals surface area (Å²) in [5, 5.41) is 7.41. The van der Waals surface area contributed by atoms with Gasteiger partial charge in [-0.05, 0) is 40.0 Å². The third-order valence-electron chi connectivity index (χ3n) is 3.71. The third-order valence-corrected chi connectivity index (χ3v) is 6.32. The number of piperidine rings is 1. The van der Waals surface area contributed by atoms with E-state index in [1.165, 1.54) is 20.8 Å². The smallest absolute Gasteiger partial charge is 0.240 e. The molecule has 1 rings (SSSR count). The predicted molar refractivity (Wildman–Crippen MR) is 70.0 cm³/mol. The second-order valence-corrected chi connectivity index (χ2v) is 7.69. The number of sulfone groups is 1. The number of aliphatic hydroxyl groups excluding tert-OH is 1. The molecule has 0 aromatic heterocycles. The van der Waals surface area contributed by atoms with Gasteiger partial charge in [0.1, 0.15) is 5.25 Å². The topological polar surface area (TPSA) is 74.7 Å². The number of amides is 1. The van der Waals surface area contributed by atoms with Gasteiger partial charge in [-0.25, -0.2) is 8.42 Å². The highest BCUT2D eigenvalue weighted by atomic mass is 32.2. The van der Waals surface area contributed by atoms with Crippen molar-refractivity contribution < 1.29 is 18.3 Å². The van der Waals surface area contributed by atoms with Crippen molar-refractivity contribution in [3.63, 3.8) is 0 Å². The normalized spacial score (nSPS) is 22.3. The van der Waals surface area contributed by atoms with E-state index in [-0.39, 0.29) is 5.91 Å². The number of nitrogens with zero attached hydrogens (tertiary/aromatic N) is 1. The van der Waals surface area contributed by atoms with Gasteiger partial charge < -0.3 is 10.0 Å². The minimum absolute atomic E-state index is 0.331. The zero-order chi connectivity index (χ0) is 13.9. The third kappa shape index (κ3) is 3.23. The number of carbonyl (C=O) groups is 1. The highest BCUT2D eigenvalue weighted by Gasteiger charge is 2.37. The highest BCUT2D eigenvalue weighted by molar-refractivity contribution is 7.93. The molecule has 3 unspecified atom stereocenters. The van der Waals surface area contributed by atoms with Gasteiger partial charge in [0.2, 0.25) is 5.91 Å². The Hall–Kier alpha value is -0.620. The Balaban J connectivity index is 2.79. The van der Waals surface area contributed by atoms with E-state index in [4.69, 9.17) is 0 Å². The van der Waals surface area contributed by atoms with Crippen LogP contribution in [0.1, 0.15) is 40.0 Å². The minimum atomic E-state index is -3.63. The van der Waals surface area contributed by atoms with Crippen LogP contribution in [0.3, 0.4) is 0 Å². The first-order valence-corrected chi connectivity index (χ1v) is 8.09. The molecule has 5 nitrogen and oxygen atoms in total. The predicted octanol–water partition coefficient (Wildman–Crippen LogP) is 0.571. The monoisotopic (exact) mass is 277 g/mol. The van der Waals surface area contributed by atoms with Gasteiger partial charge in [0, 0.05) is 13.1 Å². The summed E-state index contributed by atoms with van der Waals surface area (Å²) in [7, 11) is -3.63. The van der Waals surface area contributed by atoms with Crippen LogP contribution in [0, 0.1) is 0 Å². The Morgan fingerprint density at radius 2 is 1.61 bits per heavy atom. The van der Waals surface area contributed by atoms with Gasteiger partial charge in [-0.2, -0.15) is 0 Å². The Morgan fingerprint density at radius 1 is 1.11 bits per heavy atom. The summed E-state index contributed by atoms with van der Waals surface area (Å²) in [6.07, 6.45) is 2.00. The van der Waals surface area contributed by atoms with E-state index in [2.05, 4.69) is 0 Å². The van der Waals surface area contributed by atoms with Gasteiger partial charge in [-0.15, -0.1) is 0 Å². The van der Waals surface area contributed by atoms with Crippen LogP contribution < -0.4 is 0 Å². The fourth-order valence-electron chi connectivity index (χ4n) is 2.11. The molecule has 0 aliphatic carbocycles. The molecule has 0 aromatic carbocycles. The Bertz CT molecular complexity index is 385. The SMILES string of the molecule is CC(O)C(C)S(=O)(=O)C(C)C(=O)N1CCCCC1. The largest absolute Gasteiger partial charge is 0.392 e. The lowest BCUT2D eigenvalue weighted by molar-refractivity contribution is -0.131. The van der Waals surface area contributed by atoms with Gasteiger partial charge in [-0.1, -0.05) is 0 Å². The summed E-state index contributed by atoms with van der Waals surface area (Å²) >= 11 is 0. The standard InChI is InChI=1S/C12H23NO4S/c1-9(14)10(2)18(16,17)11(3)12(15)13-7-5-4-6-8-13/h9-11,14H,4-8H2,1-3H3. The Kier molecular flexibility index (Phi) is 5.16. The first kappa shape index (κ1) is 15.4. The molecule has 1 fully saturated rings. The van der Waals surface area contributed by atoms with Gasteiger partial charge in [0.25, 0.3) is 0 Å². The van der Waals surface area contributed by atoms with Crippen LogP contribution >= 0.6 is 0 Å². The minimum Gasteiger partial charge on any atom is -0.392 e. The summed E-state index contributed by atoms with van der Waals surface area (Å²) in [5.74, 6) is -0.331. The van der Waals surface area contributed by atoms with E-state index in [0.29, 0.717) is 13.1 Å². The highest BCUT2D eigenvalue weighted by Crippen LogP contribution is 2.17. The van der Waals surface area contributed by atoms with Gasteiger partial charge in [0.15, 0.2) is 9.84 Å². The van der Waals surface area contributed by atoms with Crippen LogP contribution in [0.4, 0.5) is 0 Å². The number of carbonyl (C=O) groups excluding carboxylic acids is 1. The lowest BCUT2D eigenvalue weighted by Crippen LogP contribution is -2.47. The van der Waals surface area contributed by atoms with E-state index in [1.807, 2.05) is 0 Å². The second-order valence-electron chi connectivity index (χ2n) is 5.06. The van der Waals surface area contributed by atoms with Gasteiger partial charge in [0.05, 0.1) is 11.4 Å². The number of rotatable bonds is 4. The maximum atomic E-state index is 12.1. The lowest BCUT2D eigenvalue weighted by atomic mass is 10.1. The first-order valence-electron chi connectivity index (χ1n) is 6.48. The van der Waals surface area contributed by atoms with Crippen LogP contribution in [0.5, 0.6) is 0 Å². The molecule has 1 saturated heterocycles.